The summed E-state index contributed by atoms with van der Waals surface area (Å²) in [5.41, 5.74) is 5.12. The summed E-state index contributed by atoms with van der Waals surface area (Å²) in [4.78, 5) is 67.5. The minimum Gasteiger partial charge on any atom is -0.387 e. The number of hydrogen-bond acceptors (Lipinski definition) is 14. The number of aromatic amines is 1. The molecular formula is C21H24N6O13P2. The van der Waals surface area contributed by atoms with E-state index in [2.05, 4.69) is 28.3 Å². The van der Waals surface area contributed by atoms with Crippen molar-refractivity contribution in [3.05, 3.63) is 52.1 Å². The molecule has 2 aromatic heterocycles. The predicted molar refractivity (Wildman–Crippen MR) is 138 cm³/mol. The number of hydrogen-bond donors (Lipinski definition) is 6. The second kappa shape index (κ2) is 11.4. The Morgan fingerprint density at radius 3 is 2.33 bits per heavy atom. The maximum Gasteiger partial charge on any atom is 0.481 e. The van der Waals surface area contributed by atoms with Crippen LogP contribution in [0.4, 0.5) is 5.95 Å². The normalized spacial score (nSPS) is 25.1. The van der Waals surface area contributed by atoms with Crippen LogP contribution < -0.4 is 11.3 Å². The maximum atomic E-state index is 12.4. The fourth-order valence-electron chi connectivity index (χ4n) is 4.42. The molecule has 21 heteroatoms. The highest BCUT2D eigenvalue weighted by Gasteiger charge is 2.46. The summed E-state index contributed by atoms with van der Waals surface area (Å²) in [6.07, 6.45) is -5.17. The van der Waals surface area contributed by atoms with E-state index in [1.807, 2.05) is 0 Å². The van der Waals surface area contributed by atoms with Gasteiger partial charge in [-0.15, -0.1) is 0 Å². The SMILES string of the molecule is Nc1nc2c(ncn2[C@@H]2O[C@H](COP(=O)(O)OP(=O)(O)OCCCN3C(=O)c4ccccc4C3=O)[C@@H](O)[C@H]2O)c(=O)[nH]1. The van der Waals surface area contributed by atoms with E-state index in [1.54, 1.807) is 12.1 Å². The van der Waals surface area contributed by atoms with Crippen LogP contribution in [-0.2, 0) is 27.2 Å². The molecule has 2 amide bonds. The number of nitrogens with two attached hydrogens (primary N) is 1. The first kappa shape index (κ1) is 30.1. The third-order valence-corrected chi connectivity index (χ3v) is 8.96. The molecule has 1 aromatic carbocycles. The molecule has 2 unspecified atom stereocenters. The van der Waals surface area contributed by atoms with Crippen LogP contribution in [0.5, 0.6) is 0 Å². The van der Waals surface area contributed by atoms with Gasteiger partial charge in [0, 0.05) is 6.54 Å². The number of aromatic nitrogens is 4. The van der Waals surface area contributed by atoms with Crippen LogP contribution in [0.25, 0.3) is 11.2 Å². The number of fused-ring (bicyclic) bond motifs is 2. The minimum absolute atomic E-state index is 0.0772. The number of benzene rings is 1. The number of nitrogens with zero attached hydrogens (tertiary/aromatic N) is 4. The summed E-state index contributed by atoms with van der Waals surface area (Å²) in [5, 5.41) is 20.8. The van der Waals surface area contributed by atoms with Gasteiger partial charge in [-0.1, -0.05) is 12.1 Å². The lowest BCUT2D eigenvalue weighted by Gasteiger charge is -2.19. The van der Waals surface area contributed by atoms with Gasteiger partial charge in [-0.05, 0) is 18.6 Å². The number of aliphatic hydroxyl groups is 2. The summed E-state index contributed by atoms with van der Waals surface area (Å²) >= 11 is 0. The molecule has 4 heterocycles. The number of imidazole rings is 1. The topological polar surface area (TPSA) is 279 Å². The van der Waals surface area contributed by atoms with Gasteiger partial charge in [-0.25, -0.2) is 14.1 Å². The first-order valence-electron chi connectivity index (χ1n) is 12.1. The first-order chi connectivity index (χ1) is 19.8. The number of nitrogens with one attached hydrogen (secondary N) is 1. The van der Waals surface area contributed by atoms with E-state index in [0.29, 0.717) is 0 Å². The molecule has 1 fully saturated rings. The number of H-pyrrole nitrogens is 1. The van der Waals surface area contributed by atoms with Crippen molar-refractivity contribution in [2.24, 2.45) is 0 Å². The van der Waals surface area contributed by atoms with Gasteiger partial charge in [-0.3, -0.25) is 37.9 Å². The number of carbonyl (C=O) groups is 2. The number of rotatable bonds is 11. The molecule has 5 rings (SSSR count). The number of phosphoric ester groups is 2. The molecule has 0 saturated carbocycles. The van der Waals surface area contributed by atoms with E-state index in [4.69, 9.17) is 10.5 Å². The van der Waals surface area contributed by atoms with E-state index in [9.17, 15) is 43.5 Å². The molecule has 0 aliphatic carbocycles. The Hall–Kier alpha value is -3.35. The Kier molecular flexibility index (Phi) is 8.16. The number of phosphoric acid groups is 2. The van der Waals surface area contributed by atoms with E-state index in [0.717, 1.165) is 15.8 Å². The number of nitrogen functional groups attached to an aromatic ring is 1. The Bertz CT molecular complexity index is 1660. The fourth-order valence-corrected chi connectivity index (χ4v) is 6.53. The first-order valence-corrected chi connectivity index (χ1v) is 15.1. The van der Waals surface area contributed by atoms with Gasteiger partial charge >= 0.3 is 15.6 Å². The molecule has 2 aliphatic heterocycles. The Balaban J connectivity index is 1.12. The van der Waals surface area contributed by atoms with E-state index >= 15 is 0 Å². The molecule has 7 N–H and O–H groups in total. The highest BCUT2D eigenvalue weighted by atomic mass is 31.3. The van der Waals surface area contributed by atoms with Crippen molar-refractivity contribution in [3.63, 3.8) is 0 Å². The molecule has 0 bridgehead atoms. The van der Waals surface area contributed by atoms with Crippen LogP contribution in [-0.4, -0.2) is 94.3 Å². The zero-order chi connectivity index (χ0) is 30.4. The Labute approximate surface area is 234 Å². The molecule has 3 aromatic rings. The number of carbonyl (C=O) groups excluding carboxylic acids is 2. The largest absolute Gasteiger partial charge is 0.481 e. The third-order valence-electron chi connectivity index (χ3n) is 6.33. The van der Waals surface area contributed by atoms with E-state index < -0.39 is 70.8 Å². The lowest BCUT2D eigenvalue weighted by Crippen LogP contribution is -2.33. The molecule has 226 valence electrons. The summed E-state index contributed by atoms with van der Waals surface area (Å²) in [7, 11) is -10.5. The second-order valence-corrected chi connectivity index (χ2v) is 12.2. The third kappa shape index (κ3) is 5.93. The van der Waals surface area contributed by atoms with Crippen molar-refractivity contribution in [1.82, 2.24) is 24.4 Å². The molecule has 2 aliphatic rings. The van der Waals surface area contributed by atoms with Gasteiger partial charge in [0.15, 0.2) is 17.4 Å². The van der Waals surface area contributed by atoms with Crippen molar-refractivity contribution in [3.8, 4) is 0 Å². The van der Waals surface area contributed by atoms with Crippen LogP contribution in [0.3, 0.4) is 0 Å². The number of ether oxygens (including phenoxy) is 1. The highest BCUT2D eigenvalue weighted by Crippen LogP contribution is 2.60. The predicted octanol–water partition coefficient (Wildman–Crippen LogP) is -0.742. The fraction of sp³-hybridized carbons (Fsp3) is 0.381. The number of amides is 2. The van der Waals surface area contributed by atoms with Crippen molar-refractivity contribution in [1.29, 1.82) is 0 Å². The van der Waals surface area contributed by atoms with Gasteiger partial charge in [0.25, 0.3) is 17.4 Å². The summed E-state index contributed by atoms with van der Waals surface area (Å²) in [6.45, 7) is -1.60. The van der Waals surface area contributed by atoms with Crippen molar-refractivity contribution < 1.29 is 56.8 Å². The number of aliphatic hydroxyl groups excluding tert-OH is 2. The monoisotopic (exact) mass is 630 g/mol. The van der Waals surface area contributed by atoms with Gasteiger partial charge in [0.05, 0.1) is 30.7 Å². The lowest BCUT2D eigenvalue weighted by atomic mass is 10.1. The summed E-state index contributed by atoms with van der Waals surface area (Å²) < 4.78 is 44.7. The molecule has 6 atom stereocenters. The Morgan fingerprint density at radius 2 is 1.67 bits per heavy atom. The Morgan fingerprint density at radius 1 is 1.02 bits per heavy atom. The number of imide groups is 1. The molecule has 1 saturated heterocycles. The van der Waals surface area contributed by atoms with Crippen LogP contribution >= 0.6 is 15.6 Å². The van der Waals surface area contributed by atoms with E-state index in [1.165, 1.54) is 12.1 Å². The van der Waals surface area contributed by atoms with Crippen molar-refractivity contribution >= 4 is 44.6 Å². The molecule has 0 spiro atoms. The molecule has 42 heavy (non-hydrogen) atoms. The maximum absolute atomic E-state index is 12.4. The molecule has 19 nitrogen and oxygen atoms in total. The van der Waals surface area contributed by atoms with Crippen LogP contribution in [0, 0.1) is 0 Å². The summed E-state index contributed by atoms with van der Waals surface area (Å²) in [6, 6.07) is 6.19. The van der Waals surface area contributed by atoms with Gasteiger partial charge in [0.2, 0.25) is 5.95 Å². The van der Waals surface area contributed by atoms with Gasteiger partial charge < -0.3 is 30.5 Å². The van der Waals surface area contributed by atoms with Gasteiger partial charge in [0.1, 0.15) is 18.3 Å². The number of anilines is 1. The minimum atomic E-state index is -5.30. The van der Waals surface area contributed by atoms with Crippen LogP contribution in [0.2, 0.25) is 0 Å². The lowest BCUT2D eigenvalue weighted by molar-refractivity contribution is -0.0504. The van der Waals surface area contributed by atoms with Crippen LogP contribution in [0.1, 0.15) is 33.4 Å². The second-order valence-electron chi connectivity index (χ2n) is 9.13. The van der Waals surface area contributed by atoms with Crippen molar-refractivity contribution in [2.45, 2.75) is 31.0 Å². The zero-order valence-corrected chi connectivity index (χ0v) is 23.0. The zero-order valence-electron chi connectivity index (χ0n) is 21.2. The molecule has 0 radical (unpaired) electrons. The van der Waals surface area contributed by atoms with Gasteiger partial charge in [-0.2, -0.15) is 9.29 Å². The highest BCUT2D eigenvalue weighted by molar-refractivity contribution is 7.61. The van der Waals surface area contributed by atoms with E-state index in [-0.39, 0.29) is 41.2 Å². The standard InChI is InChI=1S/C21H24N6O13P2/c22-21-24-16-13(17(30)25-21)23-9-27(16)20-15(29)14(28)12(39-20)8-38-42(35,36)40-41(33,34)37-7-3-6-26-18(31)10-4-1-2-5-11(10)19(26)32/h1-2,4-5,9,12,14-15,20,28-29H,3,6-8H2,(H,33,34)(H,35,36)(H3,22,24,25,30)/t12-,14-,15-,20-/m1/s1. The average molecular weight is 630 g/mol. The summed E-state index contributed by atoms with van der Waals surface area (Å²) in [5.74, 6) is -1.32. The smallest absolute Gasteiger partial charge is 0.387 e. The quantitative estimate of drug-likeness (QED) is 0.0864. The average Bonchev–Trinajstić information content (AvgIpc) is 3.53. The van der Waals surface area contributed by atoms with Crippen molar-refractivity contribution in [2.75, 3.05) is 25.5 Å². The molecular weight excluding hydrogens is 606 g/mol. The van der Waals surface area contributed by atoms with Crippen LogP contribution in [0.15, 0.2) is 35.4 Å².